The molecule has 0 fully saturated rings. The van der Waals surface area contributed by atoms with E-state index in [0.29, 0.717) is 38.5 Å². The van der Waals surface area contributed by atoms with Gasteiger partial charge in [0.05, 0.1) is 37.7 Å². The second-order valence-corrected chi connectivity index (χ2v) is 13.6. The van der Waals surface area contributed by atoms with Gasteiger partial charge in [-0.25, -0.2) is 9.97 Å². The van der Waals surface area contributed by atoms with Gasteiger partial charge in [-0.05, 0) is 49.7 Å². The number of hydrogen-bond donors (Lipinski definition) is 0. The molecule has 0 amide bonds. The predicted octanol–water partition coefficient (Wildman–Crippen LogP) is 6.48. The Labute approximate surface area is 308 Å². The van der Waals surface area contributed by atoms with E-state index >= 15 is 0 Å². The van der Waals surface area contributed by atoms with Gasteiger partial charge in [-0.3, -0.25) is 19.2 Å². The fourth-order valence-corrected chi connectivity index (χ4v) is 6.16. The molecule has 0 radical (unpaired) electrons. The molecule has 12 nitrogen and oxygen atoms in total. The molecule has 0 aliphatic rings. The Kier molecular flexibility index (Phi) is 18.1. The van der Waals surface area contributed by atoms with Crippen LogP contribution in [0.15, 0.2) is 49.3 Å². The molecule has 1 aromatic carbocycles. The van der Waals surface area contributed by atoms with Crippen molar-refractivity contribution in [3.8, 4) is 0 Å². The normalized spacial score (nSPS) is 13.5. The van der Waals surface area contributed by atoms with Crippen molar-refractivity contribution >= 4 is 23.9 Å². The topological polar surface area (TPSA) is 141 Å². The molecule has 0 aliphatic carbocycles. The lowest BCUT2D eigenvalue weighted by molar-refractivity contribution is -0.156. The van der Waals surface area contributed by atoms with Gasteiger partial charge in [0, 0.05) is 62.6 Å². The van der Waals surface area contributed by atoms with Crippen LogP contribution in [0.1, 0.15) is 102 Å². The maximum atomic E-state index is 13.4. The van der Waals surface area contributed by atoms with Crippen LogP contribution in [0.3, 0.4) is 0 Å². The van der Waals surface area contributed by atoms with E-state index in [4.69, 9.17) is 18.9 Å². The molecule has 0 N–H and O–H groups in total. The number of carbonyl (C=O) groups is 4. The highest BCUT2D eigenvalue weighted by Gasteiger charge is 2.32. The molecule has 3 aromatic rings. The summed E-state index contributed by atoms with van der Waals surface area (Å²) in [5.41, 5.74) is 3.47. The quantitative estimate of drug-likeness (QED) is 0.0746. The molecule has 0 saturated heterocycles. The van der Waals surface area contributed by atoms with Crippen LogP contribution in [0.2, 0.25) is 0 Å². The molecule has 0 bridgehead atoms. The minimum absolute atomic E-state index is 0.0781. The minimum Gasteiger partial charge on any atom is -0.465 e. The van der Waals surface area contributed by atoms with E-state index in [9.17, 15) is 19.2 Å². The second kappa shape index (κ2) is 22.5. The highest BCUT2D eigenvalue weighted by molar-refractivity contribution is 5.74. The van der Waals surface area contributed by atoms with Gasteiger partial charge in [0.15, 0.2) is 0 Å². The van der Waals surface area contributed by atoms with Crippen LogP contribution in [0.25, 0.3) is 0 Å². The summed E-state index contributed by atoms with van der Waals surface area (Å²) in [6.45, 7) is 8.31. The Morgan fingerprint density at radius 3 is 1.31 bits per heavy atom. The summed E-state index contributed by atoms with van der Waals surface area (Å²) in [6.07, 6.45) is 13.1. The van der Waals surface area contributed by atoms with Gasteiger partial charge >= 0.3 is 23.9 Å². The highest BCUT2D eigenvalue weighted by Crippen LogP contribution is 2.26. The standard InChI is InChI=1S/C40H58N4O8/c1-7-11-13-37(45)49-25-31(19-33-21-41-27-43(33)5)35(9-3)39(47)51-23-29-15-17-30(18-16-29)24-52-40(48)36(10-4)32(20-34-22-42-28-44(34)6)26-50-38(46)14-12-8-2/h15-18,21-22,27-28,31-32,35-36H,7-14,19-20,23-26H2,1-6H3/t31-,32+,35-,36-/m0/s1. The van der Waals surface area contributed by atoms with E-state index in [-0.39, 0.29) is 62.1 Å². The second-order valence-electron chi connectivity index (χ2n) is 13.6. The van der Waals surface area contributed by atoms with E-state index in [1.54, 1.807) is 25.0 Å². The average Bonchev–Trinajstić information content (AvgIpc) is 3.75. The number of ether oxygens (including phenoxy) is 4. The molecule has 0 unspecified atom stereocenters. The van der Waals surface area contributed by atoms with Crippen LogP contribution in [-0.2, 0) is 78.3 Å². The van der Waals surface area contributed by atoms with Crippen LogP contribution >= 0.6 is 0 Å². The van der Waals surface area contributed by atoms with Crippen LogP contribution in [0.4, 0.5) is 0 Å². The molecule has 52 heavy (non-hydrogen) atoms. The number of esters is 4. The molecule has 2 heterocycles. The van der Waals surface area contributed by atoms with Gasteiger partial charge in [0.2, 0.25) is 0 Å². The number of nitrogens with zero attached hydrogens (tertiary/aromatic N) is 4. The fraction of sp³-hybridized carbons (Fsp3) is 0.600. The first-order chi connectivity index (χ1) is 25.1. The van der Waals surface area contributed by atoms with E-state index in [1.165, 1.54) is 0 Å². The van der Waals surface area contributed by atoms with E-state index in [1.807, 2.05) is 75.2 Å². The first-order valence-corrected chi connectivity index (χ1v) is 18.7. The Bertz CT molecular complexity index is 1420. The zero-order valence-corrected chi connectivity index (χ0v) is 31.9. The van der Waals surface area contributed by atoms with Crippen LogP contribution in [0.5, 0.6) is 0 Å². The van der Waals surface area contributed by atoms with E-state index in [2.05, 4.69) is 9.97 Å². The molecule has 0 aliphatic heterocycles. The predicted molar refractivity (Wildman–Crippen MR) is 195 cm³/mol. The number of carbonyl (C=O) groups excluding carboxylic acids is 4. The summed E-state index contributed by atoms with van der Waals surface area (Å²) in [5.74, 6) is -2.69. The SMILES string of the molecule is CCCCC(=O)OC[C@H](Cc1cncn1C)[C@H](CC)C(=O)OCc1ccc(COC(=O)[C@@H](CC)[C@@H](COC(=O)CCCC)Cc2cncn2C)cc1. The van der Waals surface area contributed by atoms with Crippen LogP contribution in [-0.4, -0.2) is 56.2 Å². The molecule has 2 aromatic heterocycles. The monoisotopic (exact) mass is 722 g/mol. The van der Waals surface area contributed by atoms with Gasteiger partial charge in [-0.2, -0.15) is 0 Å². The van der Waals surface area contributed by atoms with Crippen LogP contribution < -0.4 is 0 Å². The van der Waals surface area contributed by atoms with Crippen molar-refractivity contribution in [2.45, 2.75) is 105 Å². The van der Waals surface area contributed by atoms with Gasteiger partial charge in [0.25, 0.3) is 0 Å². The maximum absolute atomic E-state index is 13.4. The van der Waals surface area contributed by atoms with Crippen molar-refractivity contribution in [2.75, 3.05) is 13.2 Å². The summed E-state index contributed by atoms with van der Waals surface area (Å²) < 4.78 is 26.6. The van der Waals surface area contributed by atoms with E-state index < -0.39 is 11.8 Å². The third-order valence-electron chi connectivity index (χ3n) is 9.57. The summed E-state index contributed by atoms with van der Waals surface area (Å²) in [5, 5.41) is 0. The van der Waals surface area contributed by atoms with Crippen molar-refractivity contribution in [3.63, 3.8) is 0 Å². The van der Waals surface area contributed by atoms with Gasteiger partial charge < -0.3 is 28.1 Å². The van der Waals surface area contributed by atoms with Crippen LogP contribution in [0, 0.1) is 23.7 Å². The van der Waals surface area contributed by atoms with Gasteiger partial charge in [-0.1, -0.05) is 64.8 Å². The molecule has 12 heteroatoms. The third kappa shape index (κ3) is 13.6. The number of benzene rings is 1. The van der Waals surface area contributed by atoms with Crippen molar-refractivity contribution < 1.29 is 38.1 Å². The zero-order chi connectivity index (χ0) is 37.9. The number of aryl methyl sites for hydroxylation is 2. The number of aromatic nitrogens is 4. The Morgan fingerprint density at radius 2 is 1.00 bits per heavy atom. The molecule has 286 valence electrons. The van der Waals surface area contributed by atoms with Crippen molar-refractivity contribution in [1.82, 2.24) is 19.1 Å². The number of hydrogen-bond acceptors (Lipinski definition) is 10. The minimum atomic E-state index is -0.472. The first kappa shape index (κ1) is 41.9. The summed E-state index contributed by atoms with van der Waals surface area (Å²) in [6, 6.07) is 7.38. The fourth-order valence-electron chi connectivity index (χ4n) is 6.16. The Balaban J connectivity index is 1.58. The van der Waals surface area contributed by atoms with Gasteiger partial charge in [-0.15, -0.1) is 0 Å². The lowest BCUT2D eigenvalue weighted by Crippen LogP contribution is -2.31. The average molecular weight is 723 g/mol. The lowest BCUT2D eigenvalue weighted by atomic mass is 9.87. The number of unbranched alkanes of at least 4 members (excludes halogenated alkanes) is 2. The Morgan fingerprint density at radius 1 is 0.615 bits per heavy atom. The molecular weight excluding hydrogens is 664 g/mol. The zero-order valence-electron chi connectivity index (χ0n) is 31.9. The Hall–Kier alpha value is -4.48. The third-order valence-corrected chi connectivity index (χ3v) is 9.57. The van der Waals surface area contributed by atoms with Crippen molar-refractivity contribution in [1.29, 1.82) is 0 Å². The summed E-state index contributed by atoms with van der Waals surface area (Å²) >= 11 is 0. The molecule has 0 spiro atoms. The molecule has 4 atom stereocenters. The molecule has 3 rings (SSSR count). The van der Waals surface area contributed by atoms with Crippen molar-refractivity contribution in [2.24, 2.45) is 37.8 Å². The smallest absolute Gasteiger partial charge is 0.309 e. The summed E-state index contributed by atoms with van der Waals surface area (Å²) in [4.78, 5) is 59.8. The lowest BCUT2D eigenvalue weighted by Gasteiger charge is -2.25. The maximum Gasteiger partial charge on any atom is 0.309 e. The van der Waals surface area contributed by atoms with E-state index in [0.717, 1.165) is 48.2 Å². The summed E-state index contributed by atoms with van der Waals surface area (Å²) in [7, 11) is 3.79. The molecular formula is C40H58N4O8. The number of rotatable bonds is 24. The van der Waals surface area contributed by atoms with Gasteiger partial charge in [0.1, 0.15) is 13.2 Å². The van der Waals surface area contributed by atoms with Crippen molar-refractivity contribution in [3.05, 3.63) is 71.8 Å². The first-order valence-electron chi connectivity index (χ1n) is 18.7. The largest absolute Gasteiger partial charge is 0.465 e. The highest BCUT2D eigenvalue weighted by atomic mass is 16.5. The molecule has 0 saturated carbocycles. The number of imidazole rings is 2.